The van der Waals surface area contributed by atoms with Gasteiger partial charge in [0.15, 0.2) is 0 Å². The number of aromatic nitrogens is 1. The monoisotopic (exact) mass is 232 g/mol. The molecule has 0 aliphatic heterocycles. The lowest BCUT2D eigenvalue weighted by Crippen LogP contribution is -2.23. The molecule has 88 valence electrons. The number of nitrogens with zero attached hydrogens (tertiary/aromatic N) is 1. The van der Waals surface area contributed by atoms with Crippen LogP contribution in [0.5, 0.6) is 5.75 Å². The number of rotatable bonds is 4. The normalized spacial score (nSPS) is 9.94. The van der Waals surface area contributed by atoms with Gasteiger partial charge >= 0.3 is 0 Å². The molecule has 0 saturated heterocycles. The van der Waals surface area contributed by atoms with Crippen LogP contribution in [0.25, 0.3) is 0 Å². The van der Waals surface area contributed by atoms with Crippen LogP contribution in [0.1, 0.15) is 16.2 Å². The molecule has 0 spiro atoms. The number of benzene rings is 1. The van der Waals surface area contributed by atoms with Crippen LogP contribution in [0.15, 0.2) is 41.1 Å². The van der Waals surface area contributed by atoms with Gasteiger partial charge < -0.3 is 14.5 Å². The number of para-hydroxylation sites is 1. The van der Waals surface area contributed by atoms with Gasteiger partial charge in [-0.25, -0.2) is 4.98 Å². The van der Waals surface area contributed by atoms with E-state index >= 15 is 0 Å². The first-order chi connectivity index (χ1) is 8.31. The predicted octanol–water partition coefficient (Wildman–Crippen LogP) is 1.61. The van der Waals surface area contributed by atoms with Gasteiger partial charge in [-0.3, -0.25) is 4.79 Å². The van der Waals surface area contributed by atoms with E-state index in [1.54, 1.807) is 18.2 Å². The number of hydrogen-bond acceptors (Lipinski definition) is 4. The zero-order chi connectivity index (χ0) is 12.1. The molecule has 0 fully saturated rings. The Morgan fingerprint density at radius 2 is 2.29 bits per heavy atom. The molecule has 1 amide bonds. The Morgan fingerprint density at radius 1 is 1.47 bits per heavy atom. The van der Waals surface area contributed by atoms with E-state index in [0.717, 1.165) is 0 Å². The summed E-state index contributed by atoms with van der Waals surface area (Å²) in [4.78, 5) is 15.8. The molecular formula is C12H12N2O3. The van der Waals surface area contributed by atoms with Gasteiger partial charge in [0.2, 0.25) is 5.89 Å². The van der Waals surface area contributed by atoms with Crippen molar-refractivity contribution in [3.05, 3.63) is 48.2 Å². The molecule has 1 aromatic heterocycles. The van der Waals surface area contributed by atoms with Gasteiger partial charge in [0.25, 0.3) is 5.91 Å². The van der Waals surface area contributed by atoms with E-state index in [9.17, 15) is 4.79 Å². The van der Waals surface area contributed by atoms with Gasteiger partial charge in [0.05, 0.1) is 25.4 Å². The van der Waals surface area contributed by atoms with Gasteiger partial charge in [-0.15, -0.1) is 0 Å². The van der Waals surface area contributed by atoms with Crippen molar-refractivity contribution in [3.8, 4) is 5.75 Å². The maximum absolute atomic E-state index is 11.9. The number of carbonyl (C=O) groups excluding carboxylic acids is 1. The van der Waals surface area contributed by atoms with Crippen LogP contribution in [0, 0.1) is 0 Å². The smallest absolute Gasteiger partial charge is 0.255 e. The van der Waals surface area contributed by atoms with Crippen molar-refractivity contribution in [2.75, 3.05) is 7.11 Å². The topological polar surface area (TPSA) is 64.4 Å². The second kappa shape index (κ2) is 5.16. The highest BCUT2D eigenvalue weighted by Crippen LogP contribution is 2.16. The van der Waals surface area contributed by atoms with E-state index in [4.69, 9.17) is 9.15 Å². The van der Waals surface area contributed by atoms with Gasteiger partial charge in [0, 0.05) is 0 Å². The molecule has 0 radical (unpaired) electrons. The van der Waals surface area contributed by atoms with Crippen LogP contribution in [0.4, 0.5) is 0 Å². The summed E-state index contributed by atoms with van der Waals surface area (Å²) >= 11 is 0. The van der Waals surface area contributed by atoms with Crippen molar-refractivity contribution < 1.29 is 13.9 Å². The highest BCUT2D eigenvalue weighted by atomic mass is 16.5. The Balaban J connectivity index is 2.04. The molecule has 0 atom stereocenters. The van der Waals surface area contributed by atoms with Crippen LogP contribution < -0.4 is 10.1 Å². The molecule has 2 aromatic rings. The van der Waals surface area contributed by atoms with Crippen LogP contribution in [0.2, 0.25) is 0 Å². The number of carbonyl (C=O) groups is 1. The first kappa shape index (κ1) is 11.2. The summed E-state index contributed by atoms with van der Waals surface area (Å²) < 4.78 is 10.1. The number of amides is 1. The summed E-state index contributed by atoms with van der Waals surface area (Å²) in [5.41, 5.74) is 0.488. The highest BCUT2D eigenvalue weighted by Gasteiger charge is 2.11. The van der Waals surface area contributed by atoms with E-state index in [1.165, 1.54) is 19.6 Å². The van der Waals surface area contributed by atoms with Crippen LogP contribution in [-0.2, 0) is 6.54 Å². The number of hydrogen-bond donors (Lipinski definition) is 1. The molecule has 5 nitrogen and oxygen atoms in total. The van der Waals surface area contributed by atoms with Crippen molar-refractivity contribution in [1.29, 1.82) is 0 Å². The Labute approximate surface area is 98.4 Å². The van der Waals surface area contributed by atoms with Gasteiger partial charge in [-0.2, -0.15) is 0 Å². The van der Waals surface area contributed by atoms with Gasteiger partial charge in [-0.05, 0) is 12.1 Å². The summed E-state index contributed by atoms with van der Waals surface area (Å²) in [7, 11) is 1.53. The van der Waals surface area contributed by atoms with Crippen molar-refractivity contribution in [3.63, 3.8) is 0 Å². The Morgan fingerprint density at radius 3 is 3.00 bits per heavy atom. The van der Waals surface area contributed by atoms with Crippen molar-refractivity contribution >= 4 is 5.91 Å². The lowest BCUT2D eigenvalue weighted by atomic mass is 10.2. The largest absolute Gasteiger partial charge is 0.496 e. The fourth-order valence-electron chi connectivity index (χ4n) is 1.42. The van der Waals surface area contributed by atoms with E-state index in [-0.39, 0.29) is 12.5 Å². The maximum atomic E-state index is 11.9. The van der Waals surface area contributed by atoms with Crippen molar-refractivity contribution in [2.45, 2.75) is 6.54 Å². The minimum atomic E-state index is -0.222. The van der Waals surface area contributed by atoms with Crippen LogP contribution in [0.3, 0.4) is 0 Å². The Kier molecular flexibility index (Phi) is 3.40. The first-order valence-corrected chi connectivity index (χ1v) is 5.11. The summed E-state index contributed by atoms with van der Waals surface area (Å²) in [5, 5.41) is 2.70. The molecule has 0 aliphatic carbocycles. The fourth-order valence-corrected chi connectivity index (χ4v) is 1.42. The second-order valence-corrected chi connectivity index (χ2v) is 3.31. The quantitative estimate of drug-likeness (QED) is 0.869. The summed E-state index contributed by atoms with van der Waals surface area (Å²) in [6, 6.07) is 7.02. The molecule has 0 saturated carbocycles. The molecular weight excluding hydrogens is 220 g/mol. The highest BCUT2D eigenvalue weighted by molar-refractivity contribution is 5.96. The standard InChI is InChI=1S/C12H12N2O3/c1-16-10-5-3-2-4-9(10)12(15)14-8-11-13-6-7-17-11/h2-7H,8H2,1H3,(H,14,15). The van der Waals surface area contributed by atoms with Gasteiger partial charge in [-0.1, -0.05) is 12.1 Å². The minimum Gasteiger partial charge on any atom is -0.496 e. The maximum Gasteiger partial charge on any atom is 0.255 e. The molecule has 0 aliphatic rings. The molecule has 1 aromatic carbocycles. The molecule has 0 unspecified atom stereocenters. The fraction of sp³-hybridized carbons (Fsp3) is 0.167. The minimum absolute atomic E-state index is 0.222. The van der Waals surface area contributed by atoms with E-state index in [1.807, 2.05) is 6.07 Å². The SMILES string of the molecule is COc1ccccc1C(=O)NCc1ncco1. The summed E-state index contributed by atoms with van der Waals surface area (Å²) in [5.74, 6) is 0.784. The summed E-state index contributed by atoms with van der Waals surface area (Å²) in [6.07, 6.45) is 3.00. The lowest BCUT2D eigenvalue weighted by molar-refractivity contribution is 0.0944. The molecule has 2 rings (SSSR count). The number of methoxy groups -OCH3 is 1. The average Bonchev–Trinajstić information content (AvgIpc) is 2.89. The van der Waals surface area contributed by atoms with Crippen LogP contribution >= 0.6 is 0 Å². The number of nitrogens with one attached hydrogen (secondary N) is 1. The van der Waals surface area contributed by atoms with Crippen LogP contribution in [-0.4, -0.2) is 18.0 Å². The van der Waals surface area contributed by atoms with Crippen molar-refractivity contribution in [2.24, 2.45) is 0 Å². The Hall–Kier alpha value is -2.30. The molecule has 5 heteroatoms. The first-order valence-electron chi connectivity index (χ1n) is 5.11. The van der Waals surface area contributed by atoms with Crippen molar-refractivity contribution in [1.82, 2.24) is 10.3 Å². The van der Waals surface area contributed by atoms with E-state index in [0.29, 0.717) is 17.2 Å². The zero-order valence-corrected chi connectivity index (χ0v) is 9.34. The van der Waals surface area contributed by atoms with Gasteiger partial charge in [0.1, 0.15) is 12.0 Å². The number of ether oxygens (including phenoxy) is 1. The third-order valence-corrected chi connectivity index (χ3v) is 2.24. The predicted molar refractivity (Wildman–Crippen MR) is 60.7 cm³/mol. The molecule has 1 N–H and O–H groups in total. The zero-order valence-electron chi connectivity index (χ0n) is 9.34. The Bertz CT molecular complexity index is 494. The molecule has 1 heterocycles. The summed E-state index contributed by atoms with van der Waals surface area (Å²) in [6.45, 7) is 0.254. The molecule has 0 bridgehead atoms. The van der Waals surface area contributed by atoms with E-state index < -0.39 is 0 Å². The second-order valence-electron chi connectivity index (χ2n) is 3.31. The number of oxazole rings is 1. The average molecular weight is 232 g/mol. The molecule has 17 heavy (non-hydrogen) atoms. The third kappa shape index (κ3) is 2.63. The third-order valence-electron chi connectivity index (χ3n) is 2.24. The lowest BCUT2D eigenvalue weighted by Gasteiger charge is -2.07. The van der Waals surface area contributed by atoms with E-state index in [2.05, 4.69) is 10.3 Å².